The van der Waals surface area contributed by atoms with Gasteiger partial charge in [0.25, 0.3) is 11.7 Å². The first kappa shape index (κ1) is 22.2. The zero-order valence-corrected chi connectivity index (χ0v) is 17.8. The predicted molar refractivity (Wildman–Crippen MR) is 113 cm³/mol. The van der Waals surface area contributed by atoms with E-state index in [1.54, 1.807) is 36.4 Å². The Labute approximate surface area is 180 Å². The molecule has 3 rings (SSSR count). The highest BCUT2D eigenvalue weighted by Crippen LogP contribution is 2.39. The van der Waals surface area contributed by atoms with Crippen LogP contribution in [-0.2, 0) is 14.3 Å². The standard InChI is InChI=1S/C23H25N3O5/c1-25(2)13-4-14-26-19(15-5-7-17(8-6-15)23(30)31-3)18(21(28)22(26)29)20(27)16-9-11-24-12-10-16/h5-12,19,27H,4,13-14H2,1-3H3/p+1/b20-18+/t19-/m0/s1. The van der Waals surface area contributed by atoms with E-state index in [0.29, 0.717) is 29.7 Å². The van der Waals surface area contributed by atoms with Crippen LogP contribution in [0.15, 0.2) is 54.4 Å². The summed E-state index contributed by atoms with van der Waals surface area (Å²) in [4.78, 5) is 44.2. The number of nitrogens with one attached hydrogen (secondary N) is 1. The molecule has 1 atom stereocenters. The summed E-state index contributed by atoms with van der Waals surface area (Å²) in [5.41, 5.74) is 1.41. The molecule has 0 spiro atoms. The first-order chi connectivity index (χ1) is 14.8. The van der Waals surface area contributed by atoms with Crippen molar-refractivity contribution >= 4 is 23.4 Å². The highest BCUT2D eigenvalue weighted by molar-refractivity contribution is 6.46. The van der Waals surface area contributed by atoms with E-state index in [-0.39, 0.29) is 11.3 Å². The van der Waals surface area contributed by atoms with Crippen molar-refractivity contribution in [1.82, 2.24) is 9.88 Å². The number of aliphatic hydroxyl groups is 1. The molecule has 2 N–H and O–H groups in total. The van der Waals surface area contributed by atoms with Gasteiger partial charge in [0.2, 0.25) is 0 Å². The van der Waals surface area contributed by atoms with Gasteiger partial charge in [-0.15, -0.1) is 0 Å². The molecule has 8 nitrogen and oxygen atoms in total. The number of pyridine rings is 1. The number of ketones is 1. The second-order valence-electron chi connectivity index (χ2n) is 7.65. The van der Waals surface area contributed by atoms with Crippen LogP contribution in [0.1, 0.15) is 33.9 Å². The molecule has 1 amide bonds. The maximum atomic E-state index is 12.9. The largest absolute Gasteiger partial charge is 0.507 e. The van der Waals surface area contributed by atoms with Gasteiger partial charge in [0.1, 0.15) is 5.76 Å². The van der Waals surface area contributed by atoms with Crippen molar-refractivity contribution in [1.29, 1.82) is 0 Å². The van der Waals surface area contributed by atoms with E-state index in [4.69, 9.17) is 4.74 Å². The van der Waals surface area contributed by atoms with Gasteiger partial charge in [-0.3, -0.25) is 14.6 Å². The number of Topliss-reactive ketones (excluding diaryl/α,β-unsaturated/α-hetero) is 1. The highest BCUT2D eigenvalue weighted by atomic mass is 16.5. The maximum absolute atomic E-state index is 12.9. The minimum atomic E-state index is -0.753. The van der Waals surface area contributed by atoms with Crippen molar-refractivity contribution in [3.05, 3.63) is 71.1 Å². The fraction of sp³-hybridized carbons (Fsp3) is 0.304. The van der Waals surface area contributed by atoms with Gasteiger partial charge in [0.15, 0.2) is 0 Å². The fourth-order valence-electron chi connectivity index (χ4n) is 3.64. The summed E-state index contributed by atoms with van der Waals surface area (Å²) in [7, 11) is 5.33. The Hall–Kier alpha value is -3.52. The Kier molecular flexibility index (Phi) is 6.81. The number of amides is 1. The summed E-state index contributed by atoms with van der Waals surface area (Å²) < 4.78 is 4.73. The van der Waals surface area contributed by atoms with E-state index >= 15 is 0 Å². The molecular formula is C23H26N3O5+. The lowest BCUT2D eigenvalue weighted by molar-refractivity contribution is -0.858. The first-order valence-electron chi connectivity index (χ1n) is 10.0. The fourth-order valence-corrected chi connectivity index (χ4v) is 3.64. The van der Waals surface area contributed by atoms with Crippen LogP contribution in [-0.4, -0.2) is 66.9 Å². The summed E-state index contributed by atoms with van der Waals surface area (Å²) in [6.07, 6.45) is 3.71. The molecule has 0 bridgehead atoms. The zero-order valence-electron chi connectivity index (χ0n) is 17.8. The third-order valence-corrected chi connectivity index (χ3v) is 5.22. The van der Waals surface area contributed by atoms with Crippen LogP contribution in [0.25, 0.3) is 5.76 Å². The summed E-state index contributed by atoms with van der Waals surface area (Å²) in [5.74, 6) is -2.10. The normalized spacial score (nSPS) is 17.9. The molecule has 1 aliphatic rings. The lowest BCUT2D eigenvalue weighted by Crippen LogP contribution is -3.05. The molecule has 31 heavy (non-hydrogen) atoms. The molecule has 1 fully saturated rings. The topological polar surface area (TPSA) is 101 Å². The van der Waals surface area contributed by atoms with Gasteiger partial charge in [-0.25, -0.2) is 4.79 Å². The molecule has 1 aromatic heterocycles. The van der Waals surface area contributed by atoms with Crippen LogP contribution < -0.4 is 4.90 Å². The van der Waals surface area contributed by atoms with E-state index in [2.05, 4.69) is 4.98 Å². The molecule has 1 saturated heterocycles. The number of hydrogen-bond donors (Lipinski definition) is 2. The number of likely N-dealkylation sites (tertiary alicyclic amines) is 1. The minimum Gasteiger partial charge on any atom is -0.507 e. The zero-order chi connectivity index (χ0) is 22.5. The Morgan fingerprint density at radius 1 is 1.10 bits per heavy atom. The average Bonchev–Trinajstić information content (AvgIpc) is 3.03. The Morgan fingerprint density at radius 3 is 2.32 bits per heavy atom. The van der Waals surface area contributed by atoms with Crippen molar-refractivity contribution in [3.8, 4) is 0 Å². The average molecular weight is 424 g/mol. The van der Waals surface area contributed by atoms with Crippen molar-refractivity contribution in [2.24, 2.45) is 0 Å². The number of quaternary nitrogens is 1. The van der Waals surface area contributed by atoms with Gasteiger partial charge in [0, 0.05) is 30.9 Å². The number of aliphatic hydroxyl groups excluding tert-OH is 1. The van der Waals surface area contributed by atoms with Crippen molar-refractivity contribution in [2.45, 2.75) is 12.5 Å². The van der Waals surface area contributed by atoms with E-state index < -0.39 is 23.7 Å². The second kappa shape index (κ2) is 9.53. The first-order valence-corrected chi connectivity index (χ1v) is 10.0. The van der Waals surface area contributed by atoms with Crippen molar-refractivity contribution in [2.75, 3.05) is 34.3 Å². The van der Waals surface area contributed by atoms with Crippen LogP contribution in [0.2, 0.25) is 0 Å². The molecule has 8 heteroatoms. The van der Waals surface area contributed by atoms with E-state index in [0.717, 1.165) is 6.54 Å². The van der Waals surface area contributed by atoms with E-state index in [9.17, 15) is 19.5 Å². The molecular weight excluding hydrogens is 398 g/mol. The molecule has 0 radical (unpaired) electrons. The number of carbonyl (C=O) groups is 3. The van der Waals surface area contributed by atoms with Crippen LogP contribution >= 0.6 is 0 Å². The molecule has 0 unspecified atom stereocenters. The second-order valence-corrected chi connectivity index (χ2v) is 7.65. The van der Waals surface area contributed by atoms with Crippen LogP contribution in [0, 0.1) is 0 Å². The summed E-state index contributed by atoms with van der Waals surface area (Å²) in [6.45, 7) is 1.19. The van der Waals surface area contributed by atoms with Crippen LogP contribution in [0.5, 0.6) is 0 Å². The number of aromatic nitrogens is 1. The Morgan fingerprint density at radius 2 is 1.74 bits per heavy atom. The maximum Gasteiger partial charge on any atom is 0.337 e. The quantitative estimate of drug-likeness (QED) is 0.295. The number of methoxy groups -OCH3 is 1. The number of esters is 1. The van der Waals surface area contributed by atoms with Gasteiger partial charge >= 0.3 is 5.97 Å². The van der Waals surface area contributed by atoms with Crippen LogP contribution in [0.4, 0.5) is 0 Å². The molecule has 0 saturated carbocycles. The molecule has 162 valence electrons. The van der Waals surface area contributed by atoms with E-state index in [1.807, 2.05) is 14.1 Å². The SMILES string of the molecule is COC(=O)c1ccc([C@H]2/C(=C(\O)c3ccncc3)C(=O)C(=O)N2CCC[NH+](C)C)cc1. The molecule has 2 aromatic rings. The number of rotatable bonds is 7. The molecule has 1 aromatic carbocycles. The number of hydrogen-bond acceptors (Lipinski definition) is 6. The third-order valence-electron chi connectivity index (χ3n) is 5.22. The van der Waals surface area contributed by atoms with Crippen molar-refractivity contribution in [3.63, 3.8) is 0 Å². The number of nitrogens with zero attached hydrogens (tertiary/aromatic N) is 2. The molecule has 2 heterocycles. The van der Waals surface area contributed by atoms with Gasteiger partial charge < -0.3 is 19.6 Å². The van der Waals surface area contributed by atoms with Gasteiger partial charge in [-0.1, -0.05) is 12.1 Å². The van der Waals surface area contributed by atoms with Crippen molar-refractivity contribution < 1.29 is 29.1 Å². The third kappa shape index (κ3) is 4.64. The van der Waals surface area contributed by atoms with Gasteiger partial charge in [-0.2, -0.15) is 0 Å². The smallest absolute Gasteiger partial charge is 0.337 e. The highest BCUT2D eigenvalue weighted by Gasteiger charge is 2.45. The Bertz CT molecular complexity index is 1000. The van der Waals surface area contributed by atoms with Gasteiger partial charge in [0.05, 0.1) is 44.9 Å². The summed E-state index contributed by atoms with van der Waals surface area (Å²) in [6, 6.07) is 8.91. The number of carbonyl (C=O) groups excluding carboxylic acids is 3. The monoisotopic (exact) mass is 424 g/mol. The summed E-state index contributed by atoms with van der Waals surface area (Å²) in [5, 5.41) is 10.9. The number of ether oxygens (including phenoxy) is 1. The van der Waals surface area contributed by atoms with Crippen LogP contribution in [0.3, 0.4) is 0 Å². The van der Waals surface area contributed by atoms with E-state index in [1.165, 1.54) is 29.3 Å². The minimum absolute atomic E-state index is 0.0271. The lowest BCUT2D eigenvalue weighted by Gasteiger charge is -2.25. The predicted octanol–water partition coefficient (Wildman–Crippen LogP) is 0.825. The summed E-state index contributed by atoms with van der Waals surface area (Å²) >= 11 is 0. The number of benzene rings is 1. The molecule has 1 aliphatic heterocycles. The lowest BCUT2D eigenvalue weighted by atomic mass is 9.95. The molecule has 0 aliphatic carbocycles. The Balaban J connectivity index is 2.07. The van der Waals surface area contributed by atoms with Gasteiger partial charge in [-0.05, 0) is 29.8 Å².